The Morgan fingerprint density at radius 1 is 1.17 bits per heavy atom. The van der Waals surface area contributed by atoms with E-state index in [1.807, 2.05) is 12.2 Å². The molecule has 0 spiro atoms. The van der Waals surface area contributed by atoms with Gasteiger partial charge in [-0.2, -0.15) is 0 Å². The van der Waals surface area contributed by atoms with E-state index in [0.717, 1.165) is 57.8 Å². The Balaban J connectivity index is 2.37. The molecule has 0 bridgehead atoms. The molecule has 0 heterocycles. The maximum Gasteiger partial charge on any atom is 0.139 e. The monoisotopic (exact) mass is 340 g/mol. The third kappa shape index (κ3) is 7.91. The summed E-state index contributed by atoms with van der Waals surface area (Å²) in [5.74, 6) is 0.0224. The van der Waals surface area contributed by atoms with Gasteiger partial charge in [0.1, 0.15) is 5.78 Å². The van der Waals surface area contributed by atoms with Gasteiger partial charge in [0.25, 0.3) is 0 Å². The van der Waals surface area contributed by atoms with Crippen LogP contribution in [0.3, 0.4) is 0 Å². The molecule has 1 aliphatic carbocycles. The number of carbonyl (C=O) groups excluding carboxylic acids is 1. The molecule has 24 heavy (non-hydrogen) atoms. The van der Waals surface area contributed by atoms with Crippen LogP contribution in [-0.4, -0.2) is 39.9 Å². The topological polar surface area (TPSA) is 77.8 Å². The molecule has 0 amide bonds. The van der Waals surface area contributed by atoms with Gasteiger partial charge in [0.2, 0.25) is 0 Å². The van der Waals surface area contributed by atoms with Crippen molar-refractivity contribution in [2.45, 2.75) is 89.8 Å². The van der Waals surface area contributed by atoms with E-state index in [1.165, 1.54) is 0 Å². The fraction of sp³-hybridized carbons (Fsp3) is 0.850. The molecule has 3 N–H and O–H groups in total. The molecule has 1 aliphatic rings. The average Bonchev–Trinajstić information content (AvgIpc) is 2.82. The van der Waals surface area contributed by atoms with Crippen molar-refractivity contribution in [3.8, 4) is 0 Å². The molecule has 4 heteroatoms. The number of aliphatic hydroxyl groups is 3. The second-order valence-electron chi connectivity index (χ2n) is 7.16. The lowest BCUT2D eigenvalue weighted by Crippen LogP contribution is -2.18. The average molecular weight is 341 g/mol. The first kappa shape index (κ1) is 21.3. The zero-order valence-corrected chi connectivity index (χ0v) is 15.2. The lowest BCUT2D eigenvalue weighted by molar-refractivity contribution is -0.121. The van der Waals surface area contributed by atoms with Crippen molar-refractivity contribution in [1.29, 1.82) is 0 Å². The maximum atomic E-state index is 12.1. The van der Waals surface area contributed by atoms with Crippen molar-refractivity contribution >= 4 is 5.78 Å². The molecule has 0 aromatic carbocycles. The summed E-state index contributed by atoms with van der Waals surface area (Å²) in [6.45, 7) is 2.36. The van der Waals surface area contributed by atoms with E-state index in [-0.39, 0.29) is 36.8 Å². The Hall–Kier alpha value is -0.710. The summed E-state index contributed by atoms with van der Waals surface area (Å²) >= 11 is 0. The summed E-state index contributed by atoms with van der Waals surface area (Å²) in [6, 6.07) is 0. The van der Waals surface area contributed by atoms with Crippen LogP contribution >= 0.6 is 0 Å². The van der Waals surface area contributed by atoms with Crippen LogP contribution in [0, 0.1) is 11.8 Å². The van der Waals surface area contributed by atoms with Gasteiger partial charge in [0, 0.05) is 24.9 Å². The Labute approximate surface area is 147 Å². The van der Waals surface area contributed by atoms with Crippen LogP contribution in [0.25, 0.3) is 0 Å². The summed E-state index contributed by atoms with van der Waals surface area (Å²) in [4.78, 5) is 12.1. The molecular weight excluding hydrogens is 304 g/mol. The van der Waals surface area contributed by atoms with Crippen molar-refractivity contribution < 1.29 is 20.1 Å². The largest absolute Gasteiger partial charge is 0.396 e. The molecule has 1 saturated carbocycles. The number of ketones is 1. The van der Waals surface area contributed by atoms with E-state index in [9.17, 15) is 15.0 Å². The highest BCUT2D eigenvalue weighted by Gasteiger charge is 2.39. The highest BCUT2D eigenvalue weighted by molar-refractivity contribution is 5.84. The van der Waals surface area contributed by atoms with Gasteiger partial charge in [-0.05, 0) is 25.7 Å². The minimum Gasteiger partial charge on any atom is -0.396 e. The first-order chi connectivity index (χ1) is 11.6. The molecule has 4 atom stereocenters. The van der Waals surface area contributed by atoms with Crippen LogP contribution in [-0.2, 0) is 4.79 Å². The van der Waals surface area contributed by atoms with E-state index in [1.54, 1.807) is 0 Å². The molecule has 4 nitrogen and oxygen atoms in total. The minimum atomic E-state index is -0.569. The fourth-order valence-electron chi connectivity index (χ4n) is 3.55. The van der Waals surface area contributed by atoms with Crippen LogP contribution in [0.15, 0.2) is 12.2 Å². The normalized spacial score (nSPS) is 25.7. The molecule has 0 aromatic heterocycles. The third-order valence-corrected chi connectivity index (χ3v) is 5.06. The second-order valence-corrected chi connectivity index (χ2v) is 7.16. The van der Waals surface area contributed by atoms with Crippen LogP contribution in [0.2, 0.25) is 0 Å². The van der Waals surface area contributed by atoms with E-state index in [4.69, 9.17) is 5.11 Å². The number of aliphatic hydroxyl groups excluding tert-OH is 3. The molecule has 1 rings (SSSR count). The summed E-state index contributed by atoms with van der Waals surface area (Å²) in [5, 5.41) is 28.8. The molecule has 0 radical (unpaired) electrons. The number of unbranched alkanes of at least 4 members (excludes halogenated alkanes) is 5. The van der Waals surface area contributed by atoms with Crippen LogP contribution in [0.5, 0.6) is 0 Å². The van der Waals surface area contributed by atoms with Gasteiger partial charge in [-0.15, -0.1) is 0 Å². The molecule has 1 fully saturated rings. The summed E-state index contributed by atoms with van der Waals surface area (Å²) < 4.78 is 0. The van der Waals surface area contributed by atoms with Crippen molar-refractivity contribution in [1.82, 2.24) is 0 Å². The van der Waals surface area contributed by atoms with Gasteiger partial charge in [-0.3, -0.25) is 4.79 Å². The summed E-state index contributed by atoms with van der Waals surface area (Å²) in [5.41, 5.74) is 0. The number of carbonyl (C=O) groups is 1. The van der Waals surface area contributed by atoms with E-state index < -0.39 is 6.10 Å². The van der Waals surface area contributed by atoms with Crippen LogP contribution < -0.4 is 0 Å². The van der Waals surface area contributed by atoms with Crippen molar-refractivity contribution in [3.63, 3.8) is 0 Å². The summed E-state index contributed by atoms with van der Waals surface area (Å²) in [6.07, 6.45) is 12.7. The van der Waals surface area contributed by atoms with Gasteiger partial charge in [0.15, 0.2) is 0 Å². The Morgan fingerprint density at radius 3 is 2.58 bits per heavy atom. The smallest absolute Gasteiger partial charge is 0.139 e. The Bertz CT molecular complexity index is 367. The lowest BCUT2D eigenvalue weighted by Gasteiger charge is -2.17. The maximum absolute atomic E-state index is 12.1. The predicted molar refractivity (Wildman–Crippen MR) is 96.7 cm³/mol. The van der Waals surface area contributed by atoms with Gasteiger partial charge >= 0.3 is 0 Å². The third-order valence-electron chi connectivity index (χ3n) is 5.06. The molecule has 0 aromatic rings. The van der Waals surface area contributed by atoms with Crippen LogP contribution in [0.1, 0.15) is 77.6 Å². The van der Waals surface area contributed by atoms with Gasteiger partial charge in [-0.1, -0.05) is 57.6 Å². The zero-order valence-electron chi connectivity index (χ0n) is 15.2. The SMILES string of the molecule is CCCCC(O)C/C=C/[C@H]1[C@H](O)CC(=O)[C@@H]1CCCCCCCO. The number of Topliss-reactive ketones (excluding diaryl/α,β-unsaturated/α-hetero) is 1. The minimum absolute atomic E-state index is 0.0677. The highest BCUT2D eigenvalue weighted by Crippen LogP contribution is 2.34. The first-order valence-electron chi connectivity index (χ1n) is 9.76. The number of hydrogen-bond acceptors (Lipinski definition) is 4. The van der Waals surface area contributed by atoms with E-state index in [0.29, 0.717) is 6.42 Å². The standard InChI is InChI=1S/C20H36O4/c1-2-3-10-16(22)11-9-13-18-17(19(23)15-20(18)24)12-7-5-4-6-8-14-21/h9,13,16-18,20-22,24H,2-8,10-12,14-15H2,1H3/b13-9+/t16?,17-,18-,20-/m1/s1. The van der Waals surface area contributed by atoms with Crippen molar-refractivity contribution in [2.75, 3.05) is 6.61 Å². The molecule has 0 aliphatic heterocycles. The molecule has 140 valence electrons. The van der Waals surface area contributed by atoms with E-state index >= 15 is 0 Å². The van der Waals surface area contributed by atoms with Gasteiger partial charge in [0.05, 0.1) is 12.2 Å². The van der Waals surface area contributed by atoms with Crippen molar-refractivity contribution in [2.24, 2.45) is 11.8 Å². The zero-order chi connectivity index (χ0) is 17.8. The summed E-state index contributed by atoms with van der Waals surface area (Å²) in [7, 11) is 0. The van der Waals surface area contributed by atoms with E-state index in [2.05, 4.69) is 6.92 Å². The number of hydrogen-bond donors (Lipinski definition) is 3. The van der Waals surface area contributed by atoms with Gasteiger partial charge in [-0.25, -0.2) is 0 Å². The van der Waals surface area contributed by atoms with Gasteiger partial charge < -0.3 is 15.3 Å². The number of rotatable bonds is 13. The highest BCUT2D eigenvalue weighted by atomic mass is 16.3. The quantitative estimate of drug-likeness (QED) is 0.355. The van der Waals surface area contributed by atoms with Crippen molar-refractivity contribution in [3.05, 3.63) is 12.2 Å². The first-order valence-corrected chi connectivity index (χ1v) is 9.76. The second kappa shape index (κ2) is 12.6. The molecular formula is C20H36O4. The Morgan fingerprint density at radius 2 is 1.88 bits per heavy atom. The molecule has 1 unspecified atom stereocenters. The van der Waals surface area contributed by atoms with Crippen LogP contribution in [0.4, 0.5) is 0 Å². The predicted octanol–water partition coefficient (Wildman–Crippen LogP) is 3.38. The lowest BCUT2D eigenvalue weighted by atomic mass is 9.88. The fourth-order valence-corrected chi connectivity index (χ4v) is 3.55. The molecule has 0 saturated heterocycles. The Kier molecular flexibility index (Phi) is 11.2.